The molecule has 0 saturated carbocycles. The number of nitrogens with one attached hydrogen (secondary N) is 1. The Morgan fingerprint density at radius 1 is 1.31 bits per heavy atom. The van der Waals surface area contributed by atoms with Gasteiger partial charge in [-0.15, -0.1) is 0 Å². The lowest BCUT2D eigenvalue weighted by molar-refractivity contribution is -0.0197. The largest absolute Gasteiger partial charge is 0.370 e. The van der Waals surface area contributed by atoms with E-state index >= 15 is 0 Å². The Labute approximate surface area is 170 Å². The molecule has 3 heterocycles. The quantitative estimate of drug-likeness (QED) is 0.775. The van der Waals surface area contributed by atoms with Crippen LogP contribution in [-0.2, 0) is 15.9 Å². The van der Waals surface area contributed by atoms with Gasteiger partial charge in [0.2, 0.25) is 0 Å². The maximum atomic E-state index is 14.9. The van der Waals surface area contributed by atoms with Crippen molar-refractivity contribution in [3.63, 3.8) is 0 Å². The lowest BCUT2D eigenvalue weighted by atomic mass is 10.00. The van der Waals surface area contributed by atoms with E-state index in [2.05, 4.69) is 46.5 Å². The summed E-state index contributed by atoms with van der Waals surface area (Å²) in [6.45, 7) is 6.41. The molecule has 29 heavy (non-hydrogen) atoms. The number of rotatable bonds is 6. The van der Waals surface area contributed by atoms with Crippen LogP contribution in [0, 0.1) is 12.8 Å². The van der Waals surface area contributed by atoms with Gasteiger partial charge >= 0.3 is 0 Å². The molecule has 1 fully saturated rings. The summed E-state index contributed by atoms with van der Waals surface area (Å²) in [6.07, 6.45) is 0.477. The van der Waals surface area contributed by atoms with Crippen LogP contribution in [0.5, 0.6) is 0 Å². The zero-order valence-corrected chi connectivity index (χ0v) is 17.0. The number of anilines is 1. The number of aromatic nitrogens is 2. The molecule has 7 nitrogen and oxygen atoms in total. The summed E-state index contributed by atoms with van der Waals surface area (Å²) in [7, 11) is 0. The first-order chi connectivity index (χ1) is 14.0. The number of nitrogens with zero attached hydrogens (tertiary/aromatic N) is 3. The number of benzene rings is 1. The topological polar surface area (TPSA) is 86.7 Å². The highest BCUT2D eigenvalue weighted by Crippen LogP contribution is 2.41. The van der Waals surface area contributed by atoms with E-state index in [1.807, 2.05) is 13.8 Å². The number of hydrogen-bond acceptors (Lipinski definition) is 6. The zero-order valence-electron chi connectivity index (χ0n) is 17.0. The van der Waals surface area contributed by atoms with Crippen molar-refractivity contribution >= 4 is 11.8 Å². The number of imidazole rings is 1. The molecule has 5 unspecified atom stereocenters. The van der Waals surface area contributed by atoms with Gasteiger partial charge in [0.15, 0.2) is 24.6 Å². The third-order valence-corrected chi connectivity index (χ3v) is 5.70. The minimum absolute atomic E-state index is 0.121. The summed E-state index contributed by atoms with van der Waals surface area (Å²) in [5.41, 5.74) is 8.96. The van der Waals surface area contributed by atoms with E-state index < -0.39 is 18.6 Å². The second-order valence-corrected chi connectivity index (χ2v) is 7.76. The molecule has 0 radical (unpaired) electrons. The molecule has 2 aliphatic heterocycles. The van der Waals surface area contributed by atoms with Crippen LogP contribution < -0.4 is 11.1 Å². The number of aliphatic imine (C=N–C) groups is 1. The highest BCUT2D eigenvalue weighted by molar-refractivity contribution is 5.93. The minimum Gasteiger partial charge on any atom is -0.370 e. The van der Waals surface area contributed by atoms with Crippen LogP contribution in [-0.4, -0.2) is 34.4 Å². The van der Waals surface area contributed by atoms with E-state index in [1.54, 1.807) is 10.9 Å². The van der Waals surface area contributed by atoms with Crippen LogP contribution >= 0.6 is 0 Å². The van der Waals surface area contributed by atoms with Crippen molar-refractivity contribution in [3.8, 4) is 0 Å². The van der Waals surface area contributed by atoms with Gasteiger partial charge in [0.05, 0.1) is 19.0 Å². The average molecular weight is 400 g/mol. The molecular weight excluding hydrogens is 372 g/mol. The summed E-state index contributed by atoms with van der Waals surface area (Å²) >= 11 is 0. The lowest BCUT2D eigenvalue weighted by Gasteiger charge is -2.24. The summed E-state index contributed by atoms with van der Waals surface area (Å²) in [5, 5.41) is 3.00. The number of nitrogens with two attached hydrogens (primary N) is 1. The molecule has 5 atom stereocenters. The average Bonchev–Trinajstić information content (AvgIpc) is 3.24. The molecule has 156 valence electrons. The Morgan fingerprint density at radius 2 is 2.07 bits per heavy atom. The summed E-state index contributed by atoms with van der Waals surface area (Å²) in [5.74, 6) is 0.613. The fraction of sp³-hybridized carbons (Fsp3) is 0.524. The number of halogens is 1. The van der Waals surface area contributed by atoms with Gasteiger partial charge in [-0.3, -0.25) is 4.57 Å². The zero-order chi connectivity index (χ0) is 20.5. The van der Waals surface area contributed by atoms with Gasteiger partial charge < -0.3 is 20.5 Å². The Bertz CT molecular complexity index is 882. The molecule has 0 bridgehead atoms. The van der Waals surface area contributed by atoms with Crippen LogP contribution in [0.25, 0.3) is 0 Å². The second-order valence-electron chi connectivity index (χ2n) is 7.76. The second kappa shape index (κ2) is 8.12. The first-order valence-electron chi connectivity index (χ1n) is 10.1. The molecule has 2 aromatic rings. The number of aryl methyl sites for hydroxylation is 1. The van der Waals surface area contributed by atoms with Crippen molar-refractivity contribution in [1.82, 2.24) is 9.55 Å². The summed E-state index contributed by atoms with van der Waals surface area (Å²) in [4.78, 5) is 8.76. The van der Waals surface area contributed by atoms with Crippen molar-refractivity contribution < 1.29 is 13.9 Å². The number of alkyl halides is 1. The van der Waals surface area contributed by atoms with Crippen LogP contribution in [0.15, 0.2) is 35.6 Å². The van der Waals surface area contributed by atoms with E-state index in [9.17, 15) is 4.39 Å². The van der Waals surface area contributed by atoms with Gasteiger partial charge in [0.1, 0.15) is 11.5 Å². The molecule has 4 rings (SSSR count). The Morgan fingerprint density at radius 3 is 2.76 bits per heavy atom. The summed E-state index contributed by atoms with van der Waals surface area (Å²) in [6, 6.07) is 8.33. The first kappa shape index (κ1) is 19.8. The molecule has 0 spiro atoms. The lowest BCUT2D eigenvalue weighted by Crippen LogP contribution is -2.31. The van der Waals surface area contributed by atoms with Crippen molar-refractivity contribution in [2.75, 3.05) is 11.9 Å². The molecule has 3 N–H and O–H groups in total. The molecule has 1 saturated heterocycles. The van der Waals surface area contributed by atoms with Gasteiger partial charge in [-0.25, -0.2) is 14.4 Å². The van der Waals surface area contributed by atoms with Crippen LogP contribution in [0.4, 0.5) is 10.2 Å². The van der Waals surface area contributed by atoms with E-state index in [0.717, 1.165) is 12.8 Å². The molecule has 0 amide bonds. The van der Waals surface area contributed by atoms with E-state index in [0.29, 0.717) is 18.1 Å². The number of guanidine groups is 1. The Hall–Kier alpha value is -2.45. The fourth-order valence-corrected chi connectivity index (χ4v) is 3.91. The van der Waals surface area contributed by atoms with Crippen molar-refractivity contribution in [1.29, 1.82) is 0 Å². The van der Waals surface area contributed by atoms with Crippen molar-refractivity contribution in [3.05, 3.63) is 47.4 Å². The van der Waals surface area contributed by atoms with Gasteiger partial charge in [0, 0.05) is 5.92 Å². The third kappa shape index (κ3) is 3.86. The van der Waals surface area contributed by atoms with Crippen LogP contribution in [0.3, 0.4) is 0 Å². The van der Waals surface area contributed by atoms with E-state index in [4.69, 9.17) is 15.2 Å². The summed E-state index contributed by atoms with van der Waals surface area (Å²) < 4.78 is 28.5. The highest BCUT2D eigenvalue weighted by atomic mass is 18.2. The third-order valence-electron chi connectivity index (χ3n) is 5.70. The molecular formula is C21H28FN5O2. The van der Waals surface area contributed by atoms with E-state index in [-0.39, 0.29) is 18.0 Å². The number of ether oxygens (including phenoxy) is 2. The molecule has 1 aromatic heterocycles. The molecule has 1 aromatic carbocycles. The fourth-order valence-electron chi connectivity index (χ4n) is 3.91. The number of fused-ring (bicyclic) bond motifs is 1. The standard InChI is InChI=1S/C21H28FN5O2/c1-4-15-13(3)16(22)20(29-15)27-11-24-17-18(27)25-21(23)26-19(17)28-10-9-14-7-5-12(2)6-8-14/h5-8,11,13,15-16,19-20H,4,9-10H2,1-3H3,(H3,23,25,26)/i22-1. The first-order valence-corrected chi connectivity index (χ1v) is 10.1. The Balaban J connectivity index is 1.48. The maximum absolute atomic E-state index is 14.9. The molecule has 0 aliphatic carbocycles. The van der Waals surface area contributed by atoms with Gasteiger partial charge in [-0.05, 0) is 25.3 Å². The molecule has 2 aliphatic rings. The maximum Gasteiger partial charge on any atom is 0.198 e. The smallest absolute Gasteiger partial charge is 0.198 e. The molecule has 8 heteroatoms. The minimum atomic E-state index is -1.12. The highest BCUT2D eigenvalue weighted by Gasteiger charge is 2.44. The van der Waals surface area contributed by atoms with Gasteiger partial charge in [-0.1, -0.05) is 43.7 Å². The van der Waals surface area contributed by atoms with Gasteiger partial charge in [-0.2, -0.15) is 0 Å². The monoisotopic (exact) mass is 400 g/mol. The predicted octanol–water partition coefficient (Wildman–Crippen LogP) is 3.47. The van der Waals surface area contributed by atoms with Gasteiger partial charge in [0.25, 0.3) is 0 Å². The van der Waals surface area contributed by atoms with Crippen molar-refractivity contribution in [2.45, 2.75) is 58.3 Å². The Kier molecular flexibility index (Phi) is 5.56. The van der Waals surface area contributed by atoms with Crippen LogP contribution in [0.2, 0.25) is 0 Å². The van der Waals surface area contributed by atoms with Crippen molar-refractivity contribution in [2.24, 2.45) is 16.6 Å². The normalized spacial score (nSPS) is 28.7. The van der Waals surface area contributed by atoms with Crippen LogP contribution in [0.1, 0.15) is 49.5 Å². The van der Waals surface area contributed by atoms with E-state index in [1.165, 1.54) is 11.1 Å². The SMILES string of the molecule is CCC1OC(n2cnc3c2NC(N)=NC3OCCc2ccc(C)cc2)C([18F])C1C. The number of hydrogen-bond donors (Lipinski definition) is 2. The predicted molar refractivity (Wildman–Crippen MR) is 109 cm³/mol.